The van der Waals surface area contributed by atoms with E-state index in [9.17, 15) is 4.79 Å². The molecule has 0 aromatic carbocycles. The number of carbonyl (C=O) groups is 1. The summed E-state index contributed by atoms with van der Waals surface area (Å²) in [6.07, 6.45) is 3.74. The maximum absolute atomic E-state index is 12.3. The lowest BCUT2D eigenvalue weighted by Gasteiger charge is -2.28. The van der Waals surface area contributed by atoms with E-state index in [2.05, 4.69) is 43.9 Å². The van der Waals surface area contributed by atoms with Gasteiger partial charge in [-0.1, -0.05) is 13.8 Å². The third-order valence-electron chi connectivity index (χ3n) is 3.84. The molecule has 0 spiro atoms. The minimum Gasteiger partial charge on any atom is -0.354 e. The van der Waals surface area contributed by atoms with Gasteiger partial charge in [0.05, 0.1) is 6.54 Å². The second-order valence-corrected chi connectivity index (χ2v) is 5.85. The van der Waals surface area contributed by atoms with E-state index in [0.717, 1.165) is 18.2 Å². The molecule has 0 fully saturated rings. The van der Waals surface area contributed by atoms with Crippen molar-refractivity contribution in [1.82, 2.24) is 29.6 Å². The van der Waals surface area contributed by atoms with E-state index in [4.69, 9.17) is 0 Å². The van der Waals surface area contributed by atoms with E-state index in [1.165, 1.54) is 0 Å². The number of fused-ring (bicyclic) bond motifs is 1. The topological polar surface area (TPSA) is 88.8 Å². The van der Waals surface area contributed by atoms with Crippen molar-refractivity contribution in [3.8, 4) is 0 Å². The van der Waals surface area contributed by atoms with E-state index >= 15 is 0 Å². The normalized spacial score (nSPS) is 14.0. The van der Waals surface area contributed by atoms with Gasteiger partial charge in [0, 0.05) is 44.4 Å². The summed E-state index contributed by atoms with van der Waals surface area (Å²) in [4.78, 5) is 22.3. The van der Waals surface area contributed by atoms with Crippen LogP contribution in [0.25, 0.3) is 0 Å². The van der Waals surface area contributed by atoms with Gasteiger partial charge in [-0.2, -0.15) is 0 Å². The highest BCUT2D eigenvalue weighted by atomic mass is 16.2. The Labute approximate surface area is 135 Å². The zero-order valence-corrected chi connectivity index (χ0v) is 13.4. The molecule has 1 aliphatic heterocycles. The molecular formula is C15H21N7O. The lowest BCUT2D eigenvalue weighted by molar-refractivity contribution is -0.132. The lowest BCUT2D eigenvalue weighted by Crippen LogP contribution is -2.39. The van der Waals surface area contributed by atoms with Crippen LogP contribution in [0.15, 0.2) is 18.5 Å². The smallest absolute Gasteiger partial charge is 0.224 e. The van der Waals surface area contributed by atoms with Crippen molar-refractivity contribution in [2.75, 3.05) is 18.4 Å². The van der Waals surface area contributed by atoms with Gasteiger partial charge in [-0.05, 0) is 6.07 Å². The van der Waals surface area contributed by atoms with Crippen molar-refractivity contribution in [2.24, 2.45) is 0 Å². The number of nitrogens with zero attached hydrogens (tertiary/aromatic N) is 6. The van der Waals surface area contributed by atoms with Crippen molar-refractivity contribution in [3.05, 3.63) is 30.1 Å². The number of rotatable bonds is 5. The summed E-state index contributed by atoms with van der Waals surface area (Å²) < 4.78 is 2.13. The number of anilines is 1. The first-order valence-corrected chi connectivity index (χ1v) is 7.86. The van der Waals surface area contributed by atoms with Crippen LogP contribution in [-0.2, 0) is 17.9 Å². The van der Waals surface area contributed by atoms with Gasteiger partial charge < -0.3 is 14.8 Å². The fourth-order valence-electron chi connectivity index (χ4n) is 2.65. The molecule has 0 aliphatic carbocycles. The first kappa shape index (κ1) is 15.4. The molecule has 0 atom stereocenters. The van der Waals surface area contributed by atoms with Crippen LogP contribution in [0.3, 0.4) is 0 Å². The van der Waals surface area contributed by atoms with Crippen molar-refractivity contribution < 1.29 is 4.79 Å². The first-order chi connectivity index (χ1) is 11.1. The summed E-state index contributed by atoms with van der Waals surface area (Å²) in [7, 11) is 0. The molecule has 1 N–H and O–H groups in total. The molecule has 2 aromatic rings. The van der Waals surface area contributed by atoms with E-state index in [0.29, 0.717) is 37.9 Å². The largest absolute Gasteiger partial charge is 0.354 e. The van der Waals surface area contributed by atoms with Crippen molar-refractivity contribution in [2.45, 2.75) is 39.3 Å². The predicted molar refractivity (Wildman–Crippen MR) is 84.7 cm³/mol. The zero-order chi connectivity index (χ0) is 16.2. The maximum Gasteiger partial charge on any atom is 0.224 e. The Morgan fingerprint density at radius 2 is 2.04 bits per heavy atom. The van der Waals surface area contributed by atoms with Gasteiger partial charge in [0.25, 0.3) is 0 Å². The average molecular weight is 315 g/mol. The highest BCUT2D eigenvalue weighted by Gasteiger charge is 2.24. The van der Waals surface area contributed by atoms with Crippen molar-refractivity contribution in [1.29, 1.82) is 0 Å². The fraction of sp³-hybridized carbons (Fsp3) is 0.533. The van der Waals surface area contributed by atoms with Gasteiger partial charge in [0.2, 0.25) is 11.9 Å². The van der Waals surface area contributed by atoms with E-state index < -0.39 is 0 Å². The summed E-state index contributed by atoms with van der Waals surface area (Å²) in [6.45, 7) is 6.71. The molecule has 1 amide bonds. The standard InChI is InChI=1S/C15H21N7O/c1-11(2)14-20-19-12-10-21(8-9-22(12)14)13(23)4-7-18-15-16-5-3-6-17-15/h3,5-6,11H,4,7-10H2,1-2H3,(H,16,17,18). The Morgan fingerprint density at radius 1 is 1.26 bits per heavy atom. The number of hydrogen-bond acceptors (Lipinski definition) is 6. The van der Waals surface area contributed by atoms with E-state index in [1.807, 2.05) is 4.90 Å². The molecular weight excluding hydrogens is 294 g/mol. The van der Waals surface area contributed by atoms with Gasteiger partial charge >= 0.3 is 0 Å². The minimum absolute atomic E-state index is 0.105. The molecule has 3 rings (SSSR count). The van der Waals surface area contributed by atoms with Crippen LogP contribution >= 0.6 is 0 Å². The van der Waals surface area contributed by atoms with Gasteiger partial charge in [-0.25, -0.2) is 9.97 Å². The SMILES string of the molecule is CC(C)c1nnc2n1CCN(C(=O)CCNc1ncccn1)C2. The summed E-state index contributed by atoms with van der Waals surface area (Å²) in [5.74, 6) is 2.85. The number of amides is 1. The Hall–Kier alpha value is -2.51. The highest BCUT2D eigenvalue weighted by Crippen LogP contribution is 2.18. The van der Waals surface area contributed by atoms with Crippen LogP contribution in [0.1, 0.15) is 37.8 Å². The summed E-state index contributed by atoms with van der Waals surface area (Å²) in [5.41, 5.74) is 0. The van der Waals surface area contributed by atoms with E-state index in [-0.39, 0.29) is 5.91 Å². The molecule has 8 heteroatoms. The molecule has 23 heavy (non-hydrogen) atoms. The van der Waals surface area contributed by atoms with E-state index in [1.54, 1.807) is 18.5 Å². The second kappa shape index (κ2) is 6.72. The third-order valence-corrected chi connectivity index (χ3v) is 3.84. The fourth-order valence-corrected chi connectivity index (χ4v) is 2.65. The van der Waals surface area contributed by atoms with Crippen LogP contribution in [-0.4, -0.2) is 48.6 Å². The average Bonchev–Trinajstić information content (AvgIpc) is 2.99. The predicted octanol–water partition coefficient (Wildman–Crippen LogP) is 1.04. The number of aromatic nitrogens is 5. The third kappa shape index (κ3) is 3.46. The second-order valence-electron chi connectivity index (χ2n) is 5.85. The first-order valence-electron chi connectivity index (χ1n) is 7.86. The van der Waals surface area contributed by atoms with Crippen molar-refractivity contribution >= 4 is 11.9 Å². The Kier molecular flexibility index (Phi) is 4.50. The Balaban J connectivity index is 1.53. The van der Waals surface area contributed by atoms with Gasteiger partial charge in [-0.3, -0.25) is 4.79 Å². The number of carbonyl (C=O) groups excluding carboxylic acids is 1. The highest BCUT2D eigenvalue weighted by molar-refractivity contribution is 5.76. The quantitative estimate of drug-likeness (QED) is 0.886. The zero-order valence-electron chi connectivity index (χ0n) is 13.4. The molecule has 0 radical (unpaired) electrons. The Morgan fingerprint density at radius 3 is 2.78 bits per heavy atom. The molecule has 0 bridgehead atoms. The molecule has 122 valence electrons. The number of hydrogen-bond donors (Lipinski definition) is 1. The van der Waals surface area contributed by atoms with Crippen LogP contribution in [0.5, 0.6) is 0 Å². The van der Waals surface area contributed by atoms with Crippen LogP contribution in [0.2, 0.25) is 0 Å². The lowest BCUT2D eigenvalue weighted by atomic mass is 10.2. The minimum atomic E-state index is 0.105. The molecule has 0 saturated heterocycles. The molecule has 0 unspecified atom stereocenters. The van der Waals surface area contributed by atoms with Gasteiger partial charge in [-0.15, -0.1) is 10.2 Å². The summed E-state index contributed by atoms with van der Waals surface area (Å²) >= 11 is 0. The Bertz CT molecular complexity index is 668. The van der Waals surface area contributed by atoms with Crippen molar-refractivity contribution in [3.63, 3.8) is 0 Å². The van der Waals surface area contributed by atoms with Crippen LogP contribution in [0, 0.1) is 0 Å². The summed E-state index contributed by atoms with van der Waals surface area (Å²) in [6, 6.07) is 1.76. The molecule has 1 aliphatic rings. The molecule has 2 aromatic heterocycles. The van der Waals surface area contributed by atoms with Gasteiger partial charge in [0.1, 0.15) is 5.82 Å². The molecule has 8 nitrogen and oxygen atoms in total. The van der Waals surface area contributed by atoms with Gasteiger partial charge in [0.15, 0.2) is 5.82 Å². The number of nitrogens with one attached hydrogen (secondary N) is 1. The van der Waals surface area contributed by atoms with Crippen LogP contribution in [0.4, 0.5) is 5.95 Å². The monoisotopic (exact) mass is 315 g/mol. The summed E-state index contributed by atoms with van der Waals surface area (Å²) in [5, 5.41) is 11.5. The maximum atomic E-state index is 12.3. The molecule has 3 heterocycles. The molecule has 0 saturated carbocycles. The van der Waals surface area contributed by atoms with Crippen LogP contribution < -0.4 is 5.32 Å².